The molecule has 0 fully saturated rings. The molecule has 0 bridgehead atoms. The normalized spacial score (nSPS) is 13.0. The fourth-order valence-corrected chi connectivity index (χ4v) is 3.03. The maximum atomic E-state index is 12.6. The van der Waals surface area contributed by atoms with Gasteiger partial charge in [0.2, 0.25) is 0 Å². The van der Waals surface area contributed by atoms with Crippen LogP contribution in [-0.4, -0.2) is 45.5 Å². The van der Waals surface area contributed by atoms with E-state index in [2.05, 4.69) is 0 Å². The minimum absolute atomic E-state index is 0.0667. The maximum absolute atomic E-state index is 12.6. The SMILES string of the molecule is CCN(C(=O)c1cc(C)cc(S(=O)(=O)Cl)c1)C(C)COC. The number of hydrogen-bond donors (Lipinski definition) is 0. The van der Waals surface area contributed by atoms with Gasteiger partial charge in [0, 0.05) is 29.9 Å². The lowest BCUT2D eigenvalue weighted by Crippen LogP contribution is -2.41. The van der Waals surface area contributed by atoms with E-state index in [9.17, 15) is 13.2 Å². The quantitative estimate of drug-likeness (QED) is 0.750. The first-order valence-corrected chi connectivity index (χ1v) is 8.87. The van der Waals surface area contributed by atoms with Crippen molar-refractivity contribution in [3.05, 3.63) is 29.3 Å². The number of halogens is 1. The van der Waals surface area contributed by atoms with Gasteiger partial charge in [0.05, 0.1) is 17.5 Å². The van der Waals surface area contributed by atoms with Crippen LogP contribution in [0.1, 0.15) is 29.8 Å². The van der Waals surface area contributed by atoms with Crippen LogP contribution >= 0.6 is 10.7 Å². The second kappa shape index (κ2) is 7.24. The number of benzene rings is 1. The highest BCUT2D eigenvalue weighted by atomic mass is 35.7. The Morgan fingerprint density at radius 1 is 1.38 bits per heavy atom. The summed E-state index contributed by atoms with van der Waals surface area (Å²) < 4.78 is 28.0. The maximum Gasteiger partial charge on any atom is 0.261 e. The second-order valence-corrected chi connectivity index (χ2v) is 7.43. The van der Waals surface area contributed by atoms with Gasteiger partial charge in [0.25, 0.3) is 15.0 Å². The average Bonchev–Trinajstić information content (AvgIpc) is 2.38. The van der Waals surface area contributed by atoms with E-state index in [1.54, 1.807) is 25.0 Å². The third kappa shape index (κ3) is 4.69. The number of amides is 1. The minimum Gasteiger partial charge on any atom is -0.383 e. The predicted molar refractivity (Wildman–Crippen MR) is 82.3 cm³/mol. The first-order valence-electron chi connectivity index (χ1n) is 6.57. The van der Waals surface area contributed by atoms with Gasteiger partial charge in [-0.05, 0) is 44.5 Å². The number of hydrogen-bond acceptors (Lipinski definition) is 4. The Bertz CT molecular complexity index is 615. The molecule has 1 unspecified atom stereocenters. The summed E-state index contributed by atoms with van der Waals surface area (Å²) in [5, 5.41) is 0. The summed E-state index contributed by atoms with van der Waals surface area (Å²) in [6, 6.07) is 4.29. The van der Waals surface area contributed by atoms with E-state index in [1.165, 1.54) is 12.1 Å². The summed E-state index contributed by atoms with van der Waals surface area (Å²) in [5.74, 6) is -0.243. The molecule has 0 heterocycles. The highest BCUT2D eigenvalue weighted by Crippen LogP contribution is 2.20. The summed E-state index contributed by atoms with van der Waals surface area (Å²) in [4.78, 5) is 14.1. The van der Waals surface area contributed by atoms with E-state index in [0.29, 0.717) is 24.3 Å². The lowest BCUT2D eigenvalue weighted by Gasteiger charge is -2.27. The van der Waals surface area contributed by atoms with Gasteiger partial charge in [-0.1, -0.05) is 0 Å². The number of aryl methyl sites for hydroxylation is 1. The summed E-state index contributed by atoms with van der Waals surface area (Å²) in [5.41, 5.74) is 0.967. The lowest BCUT2D eigenvalue weighted by atomic mass is 10.1. The Hall–Kier alpha value is -1.11. The number of nitrogens with zero attached hydrogens (tertiary/aromatic N) is 1. The summed E-state index contributed by atoms with van der Waals surface area (Å²) in [6.07, 6.45) is 0. The molecule has 0 saturated carbocycles. The van der Waals surface area contributed by atoms with Crippen molar-refractivity contribution >= 4 is 25.6 Å². The van der Waals surface area contributed by atoms with Crippen molar-refractivity contribution in [1.29, 1.82) is 0 Å². The van der Waals surface area contributed by atoms with Crippen molar-refractivity contribution in [2.45, 2.75) is 31.7 Å². The van der Waals surface area contributed by atoms with Crippen LogP contribution in [0, 0.1) is 6.92 Å². The van der Waals surface area contributed by atoms with Gasteiger partial charge < -0.3 is 9.64 Å². The molecular weight excluding hydrogens is 314 g/mol. The van der Waals surface area contributed by atoms with Gasteiger partial charge in [-0.3, -0.25) is 4.79 Å². The second-order valence-electron chi connectivity index (χ2n) is 4.87. The number of rotatable bonds is 6. The molecule has 118 valence electrons. The molecule has 1 amide bonds. The van der Waals surface area contributed by atoms with Crippen molar-refractivity contribution in [3.8, 4) is 0 Å². The lowest BCUT2D eigenvalue weighted by molar-refractivity contribution is 0.0579. The van der Waals surface area contributed by atoms with Crippen molar-refractivity contribution in [2.24, 2.45) is 0 Å². The van der Waals surface area contributed by atoms with Gasteiger partial charge in [0.15, 0.2) is 0 Å². The third-order valence-corrected chi connectivity index (χ3v) is 4.45. The van der Waals surface area contributed by atoms with Gasteiger partial charge >= 0.3 is 0 Å². The van der Waals surface area contributed by atoms with Crippen molar-refractivity contribution in [2.75, 3.05) is 20.3 Å². The molecule has 0 N–H and O–H groups in total. The Morgan fingerprint density at radius 2 is 2.00 bits per heavy atom. The molecule has 21 heavy (non-hydrogen) atoms. The van der Waals surface area contributed by atoms with Crippen LogP contribution in [0.3, 0.4) is 0 Å². The Kier molecular flexibility index (Phi) is 6.19. The topological polar surface area (TPSA) is 63.7 Å². The smallest absolute Gasteiger partial charge is 0.261 e. The van der Waals surface area contributed by atoms with E-state index < -0.39 is 9.05 Å². The summed E-state index contributed by atoms with van der Waals surface area (Å²) in [6.45, 7) is 6.36. The number of ether oxygens (including phenoxy) is 1. The Morgan fingerprint density at radius 3 is 2.48 bits per heavy atom. The monoisotopic (exact) mass is 333 g/mol. The van der Waals surface area contributed by atoms with Crippen LogP contribution in [0.4, 0.5) is 0 Å². The summed E-state index contributed by atoms with van der Waals surface area (Å²) >= 11 is 0. The first-order chi connectivity index (χ1) is 9.70. The molecule has 0 spiro atoms. The molecule has 0 aliphatic carbocycles. The van der Waals surface area contributed by atoms with Crippen LogP contribution < -0.4 is 0 Å². The minimum atomic E-state index is -3.87. The van der Waals surface area contributed by atoms with E-state index in [4.69, 9.17) is 15.4 Å². The van der Waals surface area contributed by atoms with Crippen LogP contribution in [0.5, 0.6) is 0 Å². The molecule has 0 radical (unpaired) electrons. The fraction of sp³-hybridized carbons (Fsp3) is 0.500. The van der Waals surface area contributed by atoms with Crippen molar-refractivity contribution < 1.29 is 17.9 Å². The molecule has 5 nitrogen and oxygen atoms in total. The van der Waals surface area contributed by atoms with E-state index in [1.807, 2.05) is 13.8 Å². The van der Waals surface area contributed by atoms with Crippen LogP contribution in [0.2, 0.25) is 0 Å². The van der Waals surface area contributed by atoms with Gasteiger partial charge in [-0.15, -0.1) is 0 Å². The highest BCUT2D eigenvalue weighted by Gasteiger charge is 2.22. The predicted octanol–water partition coefficient (Wildman–Crippen LogP) is 2.42. The average molecular weight is 334 g/mol. The number of carbonyl (C=O) groups is 1. The molecule has 0 aliphatic heterocycles. The molecule has 1 atom stereocenters. The van der Waals surface area contributed by atoms with Crippen molar-refractivity contribution in [1.82, 2.24) is 4.90 Å². The number of likely N-dealkylation sites (N-methyl/N-ethyl adjacent to an activating group) is 1. The zero-order chi connectivity index (χ0) is 16.2. The molecule has 0 aromatic heterocycles. The van der Waals surface area contributed by atoms with Crippen LogP contribution in [-0.2, 0) is 13.8 Å². The molecule has 1 aromatic rings. The molecule has 1 rings (SSSR count). The van der Waals surface area contributed by atoms with Crippen LogP contribution in [0.25, 0.3) is 0 Å². The van der Waals surface area contributed by atoms with Gasteiger partial charge in [0.1, 0.15) is 0 Å². The number of carbonyl (C=O) groups excluding carboxylic acids is 1. The molecule has 0 saturated heterocycles. The van der Waals surface area contributed by atoms with Crippen LogP contribution in [0.15, 0.2) is 23.1 Å². The molecular formula is C14H20ClNO4S. The molecule has 7 heteroatoms. The molecule has 1 aromatic carbocycles. The summed E-state index contributed by atoms with van der Waals surface area (Å²) in [7, 11) is 3.06. The highest BCUT2D eigenvalue weighted by molar-refractivity contribution is 8.13. The third-order valence-electron chi connectivity index (χ3n) is 3.12. The first kappa shape index (κ1) is 17.9. The standard InChI is InChI=1S/C14H20ClNO4S/c1-5-16(11(3)9-20-4)14(17)12-6-10(2)7-13(8-12)21(15,18)19/h6-8,11H,5,9H2,1-4H3. The fourth-order valence-electron chi connectivity index (χ4n) is 2.16. The van der Waals surface area contributed by atoms with E-state index in [-0.39, 0.29) is 16.8 Å². The Labute approximate surface area is 130 Å². The zero-order valence-electron chi connectivity index (χ0n) is 12.6. The van der Waals surface area contributed by atoms with E-state index in [0.717, 1.165) is 0 Å². The Balaban J connectivity index is 3.20. The number of methoxy groups -OCH3 is 1. The van der Waals surface area contributed by atoms with Gasteiger partial charge in [-0.25, -0.2) is 8.42 Å². The van der Waals surface area contributed by atoms with Crippen molar-refractivity contribution in [3.63, 3.8) is 0 Å². The molecule has 0 aliphatic rings. The largest absolute Gasteiger partial charge is 0.383 e. The van der Waals surface area contributed by atoms with Gasteiger partial charge in [-0.2, -0.15) is 0 Å². The van der Waals surface area contributed by atoms with E-state index >= 15 is 0 Å². The zero-order valence-corrected chi connectivity index (χ0v) is 14.2.